The first kappa shape index (κ1) is 31.3. The second-order valence-corrected chi connectivity index (χ2v) is 13.8. The summed E-state index contributed by atoms with van der Waals surface area (Å²) >= 11 is 0. The molecule has 43 heavy (non-hydrogen) atoms. The first-order valence-corrected chi connectivity index (χ1v) is 15.7. The quantitative estimate of drug-likeness (QED) is 0.205. The second kappa shape index (κ2) is 12.5. The Labute approximate surface area is 256 Å². The predicted octanol–water partition coefficient (Wildman–Crippen LogP) is 6.51. The summed E-state index contributed by atoms with van der Waals surface area (Å²) in [5.41, 5.74) is 1.53. The van der Waals surface area contributed by atoms with Crippen molar-refractivity contribution in [1.29, 1.82) is 0 Å². The normalized spacial score (nSPS) is 17.8. The molecule has 2 amide bonds. The number of rotatable bonds is 10. The molecule has 1 aliphatic carbocycles. The van der Waals surface area contributed by atoms with Gasteiger partial charge < -0.3 is 15.5 Å². The van der Waals surface area contributed by atoms with E-state index in [1.807, 2.05) is 72.8 Å². The number of halogens is 2. The summed E-state index contributed by atoms with van der Waals surface area (Å²) in [5.74, 6) is -0.429. The lowest BCUT2D eigenvalue weighted by Crippen LogP contribution is -2.47. The molecule has 2 aliphatic rings. The van der Waals surface area contributed by atoms with Crippen molar-refractivity contribution in [2.24, 2.45) is 0 Å². The van der Waals surface area contributed by atoms with Gasteiger partial charge in [0.1, 0.15) is 5.41 Å². The van der Waals surface area contributed by atoms with Crippen LogP contribution in [-0.4, -0.2) is 54.6 Å². The van der Waals surface area contributed by atoms with Gasteiger partial charge in [-0.3, -0.25) is 9.59 Å². The molecule has 1 aliphatic heterocycles. The molecule has 2 atom stereocenters. The average molecular weight is 606 g/mol. The largest absolute Gasteiger partial charge is 0.349 e. The summed E-state index contributed by atoms with van der Waals surface area (Å²) in [7, 11) is 1.51. The van der Waals surface area contributed by atoms with Crippen LogP contribution in [0.2, 0.25) is 0 Å². The smallest absolute Gasteiger partial charge is 0.275 e. The minimum absolute atomic E-state index is 0.0400. The number of carbonyl (C=O) groups is 2. The highest BCUT2D eigenvalue weighted by Crippen LogP contribution is 2.51. The van der Waals surface area contributed by atoms with Gasteiger partial charge in [0, 0.05) is 24.7 Å². The summed E-state index contributed by atoms with van der Waals surface area (Å²) in [4.78, 5) is 29.0. The fourth-order valence-electron chi connectivity index (χ4n) is 6.57. The Hall–Kier alpha value is -3.15. The van der Waals surface area contributed by atoms with Gasteiger partial charge in [-0.1, -0.05) is 97.1 Å². The van der Waals surface area contributed by atoms with Gasteiger partial charge in [-0.25, -0.2) is 8.78 Å². The maximum Gasteiger partial charge on any atom is 0.275 e. The van der Waals surface area contributed by atoms with E-state index in [2.05, 4.69) is 36.3 Å². The molecular weight excluding hydrogens is 563 g/mol. The van der Waals surface area contributed by atoms with E-state index < -0.39 is 17.6 Å². The summed E-state index contributed by atoms with van der Waals surface area (Å²) in [6.07, 6.45) is 3.02. The zero-order valence-electron chi connectivity index (χ0n) is 25.3. The van der Waals surface area contributed by atoms with Crippen LogP contribution in [0.1, 0.15) is 73.5 Å². The lowest BCUT2D eigenvalue weighted by molar-refractivity contribution is -0.126. The van der Waals surface area contributed by atoms with Gasteiger partial charge in [0.2, 0.25) is 5.91 Å². The van der Waals surface area contributed by atoms with Crippen LogP contribution in [0.25, 0.3) is 11.1 Å². The Bertz CT molecular complexity index is 1420. The molecule has 0 saturated carbocycles. The highest BCUT2D eigenvalue weighted by Gasteiger charge is 2.48. The zero-order valence-corrected chi connectivity index (χ0v) is 26.4. The van der Waals surface area contributed by atoms with E-state index in [-0.39, 0.29) is 23.3 Å². The van der Waals surface area contributed by atoms with Crippen molar-refractivity contribution in [3.05, 3.63) is 95.1 Å². The Morgan fingerprint density at radius 2 is 1.53 bits per heavy atom. The van der Waals surface area contributed by atoms with Gasteiger partial charge in [0.05, 0.1) is 6.54 Å². The highest BCUT2D eigenvalue weighted by molar-refractivity contribution is 7.18. The molecule has 5 rings (SSSR count). The number of nitrogens with zero attached hydrogens (tertiary/aromatic N) is 1. The Balaban J connectivity index is 1.21. The molecule has 3 aromatic carbocycles. The molecule has 1 heterocycles. The molecule has 1 fully saturated rings. The molecule has 0 radical (unpaired) electrons. The minimum atomic E-state index is -3.08. The van der Waals surface area contributed by atoms with E-state index in [0.29, 0.717) is 12.0 Å². The Morgan fingerprint density at radius 3 is 2.12 bits per heavy atom. The van der Waals surface area contributed by atoms with Crippen LogP contribution in [-0.2, 0) is 15.6 Å². The van der Waals surface area contributed by atoms with Gasteiger partial charge in [-0.05, 0) is 71.2 Å². The standard InChI is InChI=1S/C35H42F2N3O2P/c1-33(2,3)25-16-14-24(15-17-25)31(41)39-26-18-21-40(22-26)20-9-8-19-34(32(42)38-23-35(36,37)43)29-12-6-4-10-27(29)28-11-5-7-13-30(28)34/h4-7,10-17,26H,8-9,18-23,43H2,1-3H3,(H,38,42)(H,39,41). The maximum absolute atomic E-state index is 13.8. The molecule has 228 valence electrons. The van der Waals surface area contributed by atoms with E-state index >= 15 is 0 Å². The van der Waals surface area contributed by atoms with Crippen molar-refractivity contribution in [1.82, 2.24) is 15.5 Å². The predicted molar refractivity (Wildman–Crippen MR) is 172 cm³/mol. The number of amides is 2. The van der Waals surface area contributed by atoms with Crippen LogP contribution in [0, 0.1) is 0 Å². The van der Waals surface area contributed by atoms with E-state index in [1.54, 1.807) is 0 Å². The summed E-state index contributed by atoms with van der Waals surface area (Å²) in [6, 6.07) is 23.6. The molecule has 2 unspecified atom stereocenters. The molecule has 0 bridgehead atoms. The summed E-state index contributed by atoms with van der Waals surface area (Å²) < 4.78 is 27.5. The topological polar surface area (TPSA) is 61.4 Å². The Kier molecular flexibility index (Phi) is 9.06. The molecule has 2 N–H and O–H groups in total. The van der Waals surface area contributed by atoms with Crippen molar-refractivity contribution in [2.75, 3.05) is 26.2 Å². The molecule has 5 nitrogen and oxygen atoms in total. The van der Waals surface area contributed by atoms with E-state index in [4.69, 9.17) is 0 Å². The molecule has 1 saturated heterocycles. The van der Waals surface area contributed by atoms with E-state index in [9.17, 15) is 18.4 Å². The highest BCUT2D eigenvalue weighted by atomic mass is 31.0. The monoisotopic (exact) mass is 605 g/mol. The summed E-state index contributed by atoms with van der Waals surface area (Å²) in [6.45, 7) is 8.26. The number of hydrogen-bond donors (Lipinski definition) is 2. The SMILES string of the molecule is CC(C)(C)c1ccc(C(=O)NC2CCN(CCCCC3(C(=O)NCC(F)(F)P)c4ccccc4-c4ccccc43)C2)cc1. The number of alkyl halides is 2. The van der Waals surface area contributed by atoms with Crippen molar-refractivity contribution < 1.29 is 18.4 Å². The fraction of sp³-hybridized carbons (Fsp3) is 0.429. The van der Waals surface area contributed by atoms with Gasteiger partial charge in [0.15, 0.2) is 0 Å². The van der Waals surface area contributed by atoms with Crippen LogP contribution in [0.15, 0.2) is 72.8 Å². The van der Waals surface area contributed by atoms with Gasteiger partial charge >= 0.3 is 0 Å². The van der Waals surface area contributed by atoms with Gasteiger partial charge in [0.25, 0.3) is 11.6 Å². The molecule has 8 heteroatoms. The third kappa shape index (κ3) is 6.84. The fourth-order valence-corrected chi connectivity index (χ4v) is 6.67. The van der Waals surface area contributed by atoms with Crippen LogP contribution < -0.4 is 10.6 Å². The third-order valence-electron chi connectivity index (χ3n) is 8.83. The molecular formula is C35H42F2N3O2P. The lowest BCUT2D eigenvalue weighted by atomic mass is 9.73. The number of carbonyl (C=O) groups excluding carboxylic acids is 2. The molecule has 0 spiro atoms. The zero-order chi connectivity index (χ0) is 30.8. The number of benzene rings is 3. The average Bonchev–Trinajstić information content (AvgIpc) is 3.54. The molecule has 3 aromatic rings. The van der Waals surface area contributed by atoms with Crippen LogP contribution in [0.3, 0.4) is 0 Å². The van der Waals surface area contributed by atoms with Gasteiger partial charge in [-0.15, -0.1) is 0 Å². The van der Waals surface area contributed by atoms with Crippen molar-refractivity contribution in [3.8, 4) is 11.1 Å². The van der Waals surface area contributed by atoms with Crippen LogP contribution >= 0.6 is 9.24 Å². The van der Waals surface area contributed by atoms with Crippen LogP contribution in [0.4, 0.5) is 8.78 Å². The van der Waals surface area contributed by atoms with E-state index in [1.165, 1.54) is 14.8 Å². The number of fused-ring (bicyclic) bond motifs is 3. The number of hydrogen-bond acceptors (Lipinski definition) is 3. The van der Waals surface area contributed by atoms with Crippen molar-refractivity contribution in [3.63, 3.8) is 0 Å². The number of nitrogens with one attached hydrogen (secondary N) is 2. The number of unbranched alkanes of at least 4 members (excludes halogenated alkanes) is 1. The number of likely N-dealkylation sites (tertiary alicyclic amines) is 1. The third-order valence-corrected chi connectivity index (χ3v) is 9.04. The molecule has 0 aromatic heterocycles. The van der Waals surface area contributed by atoms with Crippen molar-refractivity contribution >= 4 is 21.1 Å². The minimum Gasteiger partial charge on any atom is -0.349 e. The lowest BCUT2D eigenvalue weighted by Gasteiger charge is -2.31. The first-order valence-electron chi connectivity index (χ1n) is 15.2. The van der Waals surface area contributed by atoms with Gasteiger partial charge in [-0.2, -0.15) is 0 Å². The second-order valence-electron chi connectivity index (χ2n) is 13.0. The Morgan fingerprint density at radius 1 is 0.930 bits per heavy atom. The van der Waals surface area contributed by atoms with Crippen molar-refractivity contribution in [2.45, 2.75) is 69.0 Å². The summed E-state index contributed by atoms with van der Waals surface area (Å²) in [5, 5.41) is 5.75. The van der Waals surface area contributed by atoms with Crippen LogP contribution in [0.5, 0.6) is 0 Å². The first-order chi connectivity index (χ1) is 20.4. The maximum atomic E-state index is 13.8. The van der Waals surface area contributed by atoms with E-state index in [0.717, 1.165) is 61.2 Å².